The molecule has 0 atom stereocenters. The molecule has 2 aromatic heterocycles. The fourth-order valence-electron chi connectivity index (χ4n) is 2.51. The summed E-state index contributed by atoms with van der Waals surface area (Å²) in [6, 6.07) is 11.2. The lowest BCUT2D eigenvalue weighted by molar-refractivity contribution is -0.120. The van der Waals surface area contributed by atoms with E-state index in [1.54, 1.807) is 18.4 Å². The van der Waals surface area contributed by atoms with Gasteiger partial charge in [0.05, 0.1) is 13.5 Å². The highest BCUT2D eigenvalue weighted by molar-refractivity contribution is 7.10. The van der Waals surface area contributed by atoms with Gasteiger partial charge in [-0.25, -0.2) is 0 Å². The van der Waals surface area contributed by atoms with Crippen molar-refractivity contribution in [2.24, 2.45) is 0 Å². The third kappa shape index (κ3) is 3.83. The topological polar surface area (TPSA) is 71.2 Å². The third-order valence-corrected chi connectivity index (χ3v) is 4.64. The summed E-state index contributed by atoms with van der Waals surface area (Å²) in [4.78, 5) is 27.9. The summed E-state index contributed by atoms with van der Waals surface area (Å²) in [7, 11) is 1.61. The van der Waals surface area contributed by atoms with Crippen LogP contribution in [0.5, 0.6) is 5.75 Å². The van der Waals surface area contributed by atoms with Gasteiger partial charge in [-0.3, -0.25) is 9.59 Å². The Bertz CT molecular complexity index is 900. The van der Waals surface area contributed by atoms with Gasteiger partial charge in [0.1, 0.15) is 5.75 Å². The van der Waals surface area contributed by atoms with Gasteiger partial charge in [-0.05, 0) is 42.1 Å². The highest BCUT2D eigenvalue weighted by Crippen LogP contribution is 2.18. The second-order valence-electron chi connectivity index (χ2n) is 5.43. The standard InChI is InChI=1S/C18H18N2O3S/c1-23-14-4-5-16-13(10-14)9-12(18(22)20-16)6-7-19-17(21)11-15-3-2-8-24-15/h2-5,8-10H,6-7,11H2,1H3,(H,19,21)(H,20,22). The average molecular weight is 342 g/mol. The summed E-state index contributed by atoms with van der Waals surface area (Å²) in [5.41, 5.74) is 1.29. The molecule has 2 N–H and O–H groups in total. The number of H-pyrrole nitrogens is 1. The molecule has 0 unspecified atom stereocenters. The van der Waals surface area contributed by atoms with Gasteiger partial charge >= 0.3 is 0 Å². The largest absolute Gasteiger partial charge is 0.497 e. The molecule has 0 aliphatic heterocycles. The van der Waals surface area contributed by atoms with Crippen LogP contribution in [0.2, 0.25) is 0 Å². The van der Waals surface area contributed by atoms with Crippen molar-refractivity contribution in [3.63, 3.8) is 0 Å². The lowest BCUT2D eigenvalue weighted by atomic mass is 10.1. The van der Waals surface area contributed by atoms with Gasteiger partial charge in [0.25, 0.3) is 5.56 Å². The Labute approximate surface area is 143 Å². The molecule has 24 heavy (non-hydrogen) atoms. The molecule has 0 aliphatic rings. The number of carbonyl (C=O) groups excluding carboxylic acids is 1. The number of fused-ring (bicyclic) bond motifs is 1. The number of hydrogen-bond donors (Lipinski definition) is 2. The minimum Gasteiger partial charge on any atom is -0.497 e. The zero-order valence-electron chi connectivity index (χ0n) is 13.3. The van der Waals surface area contributed by atoms with E-state index in [9.17, 15) is 9.59 Å². The van der Waals surface area contributed by atoms with Crippen LogP contribution in [0, 0.1) is 0 Å². The fraction of sp³-hybridized carbons (Fsp3) is 0.222. The monoisotopic (exact) mass is 342 g/mol. The molecule has 0 radical (unpaired) electrons. The number of aromatic nitrogens is 1. The molecule has 0 spiro atoms. The van der Waals surface area contributed by atoms with E-state index in [2.05, 4.69) is 10.3 Å². The quantitative estimate of drug-likeness (QED) is 0.723. The van der Waals surface area contributed by atoms with Crippen LogP contribution in [0.3, 0.4) is 0 Å². The van der Waals surface area contributed by atoms with E-state index in [0.717, 1.165) is 21.5 Å². The molecule has 3 aromatic rings. The maximum atomic E-state index is 12.1. The van der Waals surface area contributed by atoms with Crippen molar-refractivity contribution in [2.45, 2.75) is 12.8 Å². The highest BCUT2D eigenvalue weighted by atomic mass is 32.1. The summed E-state index contributed by atoms with van der Waals surface area (Å²) in [5, 5.41) is 5.72. The van der Waals surface area contributed by atoms with Gasteiger partial charge < -0.3 is 15.0 Å². The first-order valence-corrected chi connectivity index (χ1v) is 8.53. The lowest BCUT2D eigenvalue weighted by Crippen LogP contribution is -2.28. The molecule has 6 heteroatoms. The Morgan fingerprint density at radius 3 is 2.92 bits per heavy atom. The molecule has 5 nitrogen and oxygen atoms in total. The summed E-state index contributed by atoms with van der Waals surface area (Å²) in [5.74, 6) is 0.709. The van der Waals surface area contributed by atoms with E-state index in [-0.39, 0.29) is 11.5 Å². The smallest absolute Gasteiger partial charge is 0.251 e. The molecule has 1 aromatic carbocycles. The van der Waals surface area contributed by atoms with Crippen molar-refractivity contribution in [1.82, 2.24) is 10.3 Å². The third-order valence-electron chi connectivity index (χ3n) is 3.76. The number of pyridine rings is 1. The Morgan fingerprint density at radius 2 is 2.17 bits per heavy atom. The molecular weight excluding hydrogens is 324 g/mol. The van der Waals surface area contributed by atoms with Gasteiger partial charge in [0, 0.05) is 27.9 Å². The van der Waals surface area contributed by atoms with Crippen LogP contribution in [0.4, 0.5) is 0 Å². The molecule has 3 rings (SSSR count). The first kappa shape index (κ1) is 16.3. The van der Waals surface area contributed by atoms with Crippen molar-refractivity contribution < 1.29 is 9.53 Å². The van der Waals surface area contributed by atoms with Crippen molar-refractivity contribution >= 4 is 28.1 Å². The molecule has 1 amide bonds. The number of amides is 1. The number of ether oxygens (including phenoxy) is 1. The number of hydrogen-bond acceptors (Lipinski definition) is 4. The normalized spacial score (nSPS) is 10.7. The van der Waals surface area contributed by atoms with Crippen LogP contribution in [0.1, 0.15) is 10.4 Å². The van der Waals surface area contributed by atoms with Crippen LogP contribution in [-0.4, -0.2) is 24.5 Å². The van der Waals surface area contributed by atoms with Crippen LogP contribution < -0.4 is 15.6 Å². The molecule has 0 saturated heterocycles. The number of rotatable bonds is 6. The number of thiophene rings is 1. The maximum absolute atomic E-state index is 12.1. The number of methoxy groups -OCH3 is 1. The highest BCUT2D eigenvalue weighted by Gasteiger charge is 2.07. The Balaban J connectivity index is 1.65. The molecule has 2 heterocycles. The van der Waals surface area contributed by atoms with Crippen molar-refractivity contribution in [3.05, 3.63) is 62.6 Å². The van der Waals surface area contributed by atoms with Crippen molar-refractivity contribution in [2.75, 3.05) is 13.7 Å². The van der Waals surface area contributed by atoms with Gasteiger partial charge in [-0.15, -0.1) is 11.3 Å². The summed E-state index contributed by atoms with van der Waals surface area (Å²) < 4.78 is 5.21. The number of benzene rings is 1. The maximum Gasteiger partial charge on any atom is 0.251 e. The zero-order chi connectivity index (χ0) is 16.9. The summed E-state index contributed by atoms with van der Waals surface area (Å²) in [6.07, 6.45) is 0.863. The number of carbonyl (C=O) groups is 1. The molecule has 0 fully saturated rings. The van der Waals surface area contributed by atoms with E-state index in [4.69, 9.17) is 4.74 Å². The van der Waals surface area contributed by atoms with Gasteiger partial charge in [0.2, 0.25) is 5.91 Å². The van der Waals surface area contributed by atoms with Crippen molar-refractivity contribution in [3.8, 4) is 5.75 Å². The Hall–Kier alpha value is -2.60. The number of aromatic amines is 1. The van der Waals surface area contributed by atoms with Crippen LogP contribution in [0.25, 0.3) is 10.9 Å². The zero-order valence-corrected chi connectivity index (χ0v) is 14.1. The second-order valence-corrected chi connectivity index (χ2v) is 6.47. The average Bonchev–Trinajstić information content (AvgIpc) is 3.07. The van der Waals surface area contributed by atoms with Gasteiger partial charge in [-0.2, -0.15) is 0 Å². The predicted octanol–water partition coefficient (Wildman–Crippen LogP) is 2.50. The first-order valence-electron chi connectivity index (χ1n) is 7.65. The molecule has 0 aliphatic carbocycles. The van der Waals surface area contributed by atoms with E-state index >= 15 is 0 Å². The number of nitrogens with one attached hydrogen (secondary N) is 2. The van der Waals surface area contributed by atoms with E-state index in [1.807, 2.05) is 41.8 Å². The van der Waals surface area contributed by atoms with Crippen LogP contribution in [-0.2, 0) is 17.6 Å². The SMILES string of the molecule is COc1ccc2[nH]c(=O)c(CCNC(=O)Cc3cccs3)cc2c1. The van der Waals surface area contributed by atoms with E-state index in [1.165, 1.54) is 0 Å². The summed E-state index contributed by atoms with van der Waals surface area (Å²) in [6.45, 7) is 0.433. The van der Waals surface area contributed by atoms with Gasteiger partial charge in [-0.1, -0.05) is 6.07 Å². The molecule has 0 bridgehead atoms. The molecule has 124 valence electrons. The van der Waals surface area contributed by atoms with E-state index < -0.39 is 0 Å². The summed E-state index contributed by atoms with van der Waals surface area (Å²) >= 11 is 1.56. The van der Waals surface area contributed by atoms with Crippen LogP contribution >= 0.6 is 11.3 Å². The minimum absolute atomic E-state index is 0.0312. The second kappa shape index (κ2) is 7.31. The van der Waals surface area contributed by atoms with E-state index in [0.29, 0.717) is 24.9 Å². The van der Waals surface area contributed by atoms with Crippen molar-refractivity contribution in [1.29, 1.82) is 0 Å². The molecule has 0 saturated carbocycles. The minimum atomic E-state index is -0.125. The Morgan fingerprint density at radius 1 is 1.29 bits per heavy atom. The van der Waals surface area contributed by atoms with Gasteiger partial charge in [0.15, 0.2) is 0 Å². The van der Waals surface area contributed by atoms with Crippen LogP contribution in [0.15, 0.2) is 46.6 Å². The first-order chi connectivity index (χ1) is 11.7. The lowest BCUT2D eigenvalue weighted by Gasteiger charge is -2.07. The fourth-order valence-corrected chi connectivity index (χ4v) is 3.22. The predicted molar refractivity (Wildman–Crippen MR) is 95.9 cm³/mol. The molecular formula is C18H18N2O3S. The Kier molecular flexibility index (Phi) is 4.96.